The zero-order chi connectivity index (χ0) is 15.1. The monoisotopic (exact) mass is 301 g/mol. The third kappa shape index (κ3) is 1.98. The molecule has 0 atom stereocenters. The number of halogens is 1. The average Bonchev–Trinajstić information content (AvgIpc) is 2.72. The lowest BCUT2D eigenvalue weighted by Gasteiger charge is -2.15. The third-order valence-corrected chi connectivity index (χ3v) is 3.38. The zero-order valence-corrected chi connectivity index (χ0v) is 11.4. The summed E-state index contributed by atoms with van der Waals surface area (Å²) >= 11 is 4.75. The summed E-state index contributed by atoms with van der Waals surface area (Å²) in [6.07, 6.45) is 2.76. The van der Waals surface area contributed by atoms with Crippen molar-refractivity contribution in [1.82, 2.24) is 4.98 Å². The maximum absolute atomic E-state index is 13.6. The van der Waals surface area contributed by atoms with Crippen molar-refractivity contribution in [1.29, 1.82) is 0 Å². The van der Waals surface area contributed by atoms with Crippen LogP contribution in [0.15, 0.2) is 36.7 Å². The van der Waals surface area contributed by atoms with E-state index in [4.69, 9.17) is 18.0 Å². The first kappa shape index (κ1) is 13.3. The summed E-state index contributed by atoms with van der Waals surface area (Å²) in [5, 5.41) is 0. The molecular weight excluding hydrogens is 293 g/mol. The van der Waals surface area contributed by atoms with Gasteiger partial charge in [0.05, 0.1) is 16.8 Å². The zero-order valence-electron chi connectivity index (χ0n) is 10.5. The van der Waals surface area contributed by atoms with Gasteiger partial charge in [-0.2, -0.15) is 0 Å². The van der Waals surface area contributed by atoms with Crippen LogP contribution in [0.25, 0.3) is 0 Å². The van der Waals surface area contributed by atoms with Crippen molar-refractivity contribution in [2.45, 2.75) is 0 Å². The quantitative estimate of drug-likeness (QED) is 0.674. The van der Waals surface area contributed by atoms with E-state index in [1.54, 1.807) is 0 Å². The maximum Gasteiger partial charge on any atom is 0.267 e. The number of nitrogens with zero attached hydrogens (tertiary/aromatic N) is 2. The van der Waals surface area contributed by atoms with E-state index in [1.165, 1.54) is 30.6 Å². The number of anilines is 1. The van der Waals surface area contributed by atoms with Gasteiger partial charge in [0.15, 0.2) is 0 Å². The number of imide groups is 1. The highest BCUT2D eigenvalue weighted by molar-refractivity contribution is 7.80. The Morgan fingerprint density at radius 3 is 2.57 bits per heavy atom. The molecule has 0 saturated heterocycles. The molecule has 1 aliphatic heterocycles. The second-order valence-electron chi connectivity index (χ2n) is 4.40. The molecule has 7 heteroatoms. The Labute approximate surface area is 124 Å². The fourth-order valence-electron chi connectivity index (χ4n) is 2.16. The topological polar surface area (TPSA) is 76.3 Å². The Hall–Kier alpha value is -2.67. The van der Waals surface area contributed by atoms with Crippen LogP contribution in [0.4, 0.5) is 10.1 Å². The number of nitrogens with two attached hydrogens (primary N) is 1. The van der Waals surface area contributed by atoms with Gasteiger partial charge in [-0.05, 0) is 24.3 Å². The van der Waals surface area contributed by atoms with Gasteiger partial charge in [-0.3, -0.25) is 14.6 Å². The van der Waals surface area contributed by atoms with E-state index in [-0.39, 0.29) is 27.4 Å². The number of carbonyl (C=O) groups is 2. The van der Waals surface area contributed by atoms with Gasteiger partial charge in [0.2, 0.25) is 0 Å². The highest BCUT2D eigenvalue weighted by Gasteiger charge is 2.37. The number of benzene rings is 1. The van der Waals surface area contributed by atoms with E-state index in [0.717, 1.165) is 11.0 Å². The van der Waals surface area contributed by atoms with Crippen molar-refractivity contribution in [2.24, 2.45) is 5.73 Å². The van der Waals surface area contributed by atoms with E-state index in [2.05, 4.69) is 4.98 Å². The number of rotatable bonds is 2. The molecule has 0 unspecified atom stereocenters. The van der Waals surface area contributed by atoms with Crippen molar-refractivity contribution in [3.63, 3.8) is 0 Å². The minimum absolute atomic E-state index is 0.0165. The molecule has 0 radical (unpaired) electrons. The minimum atomic E-state index is -0.607. The Bertz CT molecular complexity index is 772. The molecule has 0 spiro atoms. The Morgan fingerprint density at radius 1 is 1.19 bits per heavy atom. The van der Waals surface area contributed by atoms with Crippen LogP contribution in [0.1, 0.15) is 26.3 Å². The molecule has 0 aliphatic carbocycles. The van der Waals surface area contributed by atoms with Crippen molar-refractivity contribution in [2.75, 3.05) is 4.90 Å². The van der Waals surface area contributed by atoms with Crippen LogP contribution < -0.4 is 10.6 Å². The van der Waals surface area contributed by atoms with Crippen molar-refractivity contribution in [3.05, 3.63) is 59.2 Å². The smallest absolute Gasteiger partial charge is 0.267 e. The SMILES string of the molecule is NC(=S)c1cc(N2C(=O)c3ccncc3C2=O)ccc1F. The van der Waals surface area contributed by atoms with Gasteiger partial charge >= 0.3 is 0 Å². The Balaban J connectivity index is 2.11. The lowest BCUT2D eigenvalue weighted by Crippen LogP contribution is -2.29. The molecule has 2 aromatic rings. The lowest BCUT2D eigenvalue weighted by molar-refractivity contribution is 0.0926. The fourth-order valence-corrected chi connectivity index (χ4v) is 2.32. The summed E-state index contributed by atoms with van der Waals surface area (Å²) in [6, 6.07) is 5.19. The van der Waals surface area contributed by atoms with E-state index >= 15 is 0 Å². The average molecular weight is 301 g/mol. The van der Waals surface area contributed by atoms with E-state index in [1.807, 2.05) is 0 Å². The van der Waals surface area contributed by atoms with E-state index in [9.17, 15) is 14.0 Å². The molecule has 3 rings (SSSR count). The highest BCUT2D eigenvalue weighted by Crippen LogP contribution is 2.28. The first-order chi connectivity index (χ1) is 10.0. The lowest BCUT2D eigenvalue weighted by atomic mass is 10.1. The molecule has 104 valence electrons. The van der Waals surface area contributed by atoms with Crippen molar-refractivity contribution in [3.8, 4) is 0 Å². The van der Waals surface area contributed by atoms with Gasteiger partial charge in [0.1, 0.15) is 10.8 Å². The normalized spacial score (nSPS) is 13.5. The predicted molar refractivity (Wildman–Crippen MR) is 77.7 cm³/mol. The summed E-state index contributed by atoms with van der Waals surface area (Å²) in [4.78, 5) is 29.2. The molecule has 0 fully saturated rings. The molecule has 0 saturated carbocycles. The first-order valence-electron chi connectivity index (χ1n) is 5.93. The number of hydrogen-bond acceptors (Lipinski definition) is 4. The number of carbonyl (C=O) groups excluding carboxylic acids is 2. The van der Waals surface area contributed by atoms with E-state index < -0.39 is 17.6 Å². The molecule has 2 heterocycles. The van der Waals surface area contributed by atoms with Crippen LogP contribution in [0.2, 0.25) is 0 Å². The second-order valence-corrected chi connectivity index (χ2v) is 4.84. The summed E-state index contributed by atoms with van der Waals surface area (Å²) in [7, 11) is 0. The molecule has 1 aliphatic rings. The standard InChI is InChI=1S/C14H8FN3O2S/c15-11-2-1-7(5-9(11)12(16)21)18-13(19)8-3-4-17-6-10(8)14(18)20/h1-6H,(H2,16,21). The summed E-state index contributed by atoms with van der Waals surface area (Å²) in [5.74, 6) is -1.61. The number of aromatic nitrogens is 1. The number of fused-ring (bicyclic) bond motifs is 1. The highest BCUT2D eigenvalue weighted by atomic mass is 32.1. The Kier molecular flexibility index (Phi) is 2.99. The molecule has 21 heavy (non-hydrogen) atoms. The number of thiocarbonyl (C=S) groups is 1. The molecule has 1 aromatic heterocycles. The molecule has 5 nitrogen and oxygen atoms in total. The van der Waals surface area contributed by atoms with Crippen LogP contribution in [0.5, 0.6) is 0 Å². The van der Waals surface area contributed by atoms with Crippen molar-refractivity contribution >= 4 is 34.7 Å². The number of hydrogen-bond donors (Lipinski definition) is 1. The molecule has 2 N–H and O–H groups in total. The van der Waals surface area contributed by atoms with Crippen LogP contribution in [-0.2, 0) is 0 Å². The van der Waals surface area contributed by atoms with Crippen LogP contribution in [0, 0.1) is 5.82 Å². The van der Waals surface area contributed by atoms with Gasteiger partial charge in [-0.25, -0.2) is 9.29 Å². The van der Waals surface area contributed by atoms with Gasteiger partial charge < -0.3 is 5.73 Å². The van der Waals surface area contributed by atoms with E-state index in [0.29, 0.717) is 0 Å². The largest absolute Gasteiger partial charge is 0.389 e. The first-order valence-corrected chi connectivity index (χ1v) is 6.33. The molecular formula is C14H8FN3O2S. The fraction of sp³-hybridized carbons (Fsp3) is 0. The van der Waals surface area contributed by atoms with Gasteiger partial charge in [0.25, 0.3) is 11.8 Å². The van der Waals surface area contributed by atoms with Gasteiger partial charge in [-0.15, -0.1) is 0 Å². The number of pyridine rings is 1. The van der Waals surface area contributed by atoms with Crippen molar-refractivity contribution < 1.29 is 14.0 Å². The predicted octanol–water partition coefficient (Wildman–Crippen LogP) is 1.66. The van der Waals surface area contributed by atoms with Gasteiger partial charge in [0, 0.05) is 18.0 Å². The minimum Gasteiger partial charge on any atom is -0.389 e. The maximum atomic E-state index is 13.6. The summed E-state index contributed by atoms with van der Waals surface area (Å²) in [6.45, 7) is 0. The molecule has 2 amide bonds. The number of amides is 2. The molecule has 1 aromatic carbocycles. The molecule has 0 bridgehead atoms. The third-order valence-electron chi connectivity index (χ3n) is 3.16. The second kappa shape index (κ2) is 4.71. The van der Waals surface area contributed by atoms with Gasteiger partial charge in [-0.1, -0.05) is 12.2 Å². The Morgan fingerprint density at radius 2 is 1.90 bits per heavy atom. The van der Waals surface area contributed by atoms with Crippen LogP contribution in [-0.4, -0.2) is 21.8 Å². The van der Waals surface area contributed by atoms with Crippen LogP contribution in [0.3, 0.4) is 0 Å². The summed E-state index contributed by atoms with van der Waals surface area (Å²) < 4.78 is 13.6. The van der Waals surface area contributed by atoms with Crippen LogP contribution >= 0.6 is 12.2 Å². The summed E-state index contributed by atoms with van der Waals surface area (Å²) in [5.41, 5.74) is 6.10.